The number of nitrogens with one attached hydrogen (secondary N) is 2. The van der Waals surface area contributed by atoms with Crippen LogP contribution in [0.3, 0.4) is 0 Å². The Labute approximate surface area is 152 Å². The van der Waals surface area contributed by atoms with Gasteiger partial charge in [0.1, 0.15) is 0 Å². The highest BCUT2D eigenvalue weighted by Crippen LogP contribution is 2.24. The summed E-state index contributed by atoms with van der Waals surface area (Å²) in [6, 6.07) is 13.3. The van der Waals surface area contributed by atoms with E-state index in [0.29, 0.717) is 25.3 Å². The highest BCUT2D eigenvalue weighted by atomic mass is 16.5. The summed E-state index contributed by atoms with van der Waals surface area (Å²) in [7, 11) is 1.67. The van der Waals surface area contributed by atoms with Crippen LogP contribution >= 0.6 is 0 Å². The van der Waals surface area contributed by atoms with Gasteiger partial charge in [0, 0.05) is 50.1 Å². The molecule has 0 bridgehead atoms. The number of methoxy groups -OCH3 is 1. The fraction of sp³-hybridized carbons (Fsp3) is 0.250. The van der Waals surface area contributed by atoms with Gasteiger partial charge in [0.2, 0.25) is 0 Å². The summed E-state index contributed by atoms with van der Waals surface area (Å²) in [5.41, 5.74) is 3.11. The third-order valence-corrected chi connectivity index (χ3v) is 4.01. The standard InChI is InChI=1S/C20H22N4O2/c1-26-13-12-22-10-11-23-20(25)17-14-19(15-6-8-21-9-7-15)24-18-5-3-2-4-16(17)18/h2-9,14,22H,10-13H2,1H3,(H,23,25). The number of carbonyl (C=O) groups excluding carboxylic acids is 1. The van der Waals surface area contributed by atoms with Crippen molar-refractivity contribution in [1.82, 2.24) is 20.6 Å². The largest absolute Gasteiger partial charge is 0.383 e. The van der Waals surface area contributed by atoms with Crippen LogP contribution in [0.5, 0.6) is 0 Å². The van der Waals surface area contributed by atoms with Crippen molar-refractivity contribution in [2.45, 2.75) is 0 Å². The molecule has 2 N–H and O–H groups in total. The first-order valence-electron chi connectivity index (χ1n) is 8.57. The van der Waals surface area contributed by atoms with Gasteiger partial charge in [0.05, 0.1) is 23.4 Å². The summed E-state index contributed by atoms with van der Waals surface area (Å²) in [4.78, 5) is 21.5. The van der Waals surface area contributed by atoms with Crippen LogP contribution in [0.1, 0.15) is 10.4 Å². The molecule has 2 heterocycles. The zero-order valence-electron chi connectivity index (χ0n) is 14.7. The Kier molecular flexibility index (Phi) is 6.24. The van der Waals surface area contributed by atoms with Crippen molar-refractivity contribution in [3.63, 3.8) is 0 Å². The number of aromatic nitrogens is 2. The second-order valence-corrected chi connectivity index (χ2v) is 5.81. The lowest BCUT2D eigenvalue weighted by atomic mass is 10.0. The highest BCUT2D eigenvalue weighted by Gasteiger charge is 2.13. The minimum Gasteiger partial charge on any atom is -0.383 e. The van der Waals surface area contributed by atoms with Crippen LogP contribution in [-0.4, -0.2) is 49.2 Å². The van der Waals surface area contributed by atoms with Crippen LogP contribution in [0.25, 0.3) is 22.2 Å². The average Bonchev–Trinajstić information content (AvgIpc) is 2.70. The summed E-state index contributed by atoms with van der Waals surface area (Å²) in [6.07, 6.45) is 3.44. The van der Waals surface area contributed by atoms with E-state index in [2.05, 4.69) is 20.6 Å². The van der Waals surface area contributed by atoms with Crippen LogP contribution in [0.2, 0.25) is 0 Å². The highest BCUT2D eigenvalue weighted by molar-refractivity contribution is 6.07. The van der Waals surface area contributed by atoms with E-state index >= 15 is 0 Å². The zero-order valence-corrected chi connectivity index (χ0v) is 14.7. The number of hydrogen-bond acceptors (Lipinski definition) is 5. The van der Waals surface area contributed by atoms with Crippen molar-refractivity contribution < 1.29 is 9.53 Å². The maximum Gasteiger partial charge on any atom is 0.252 e. The molecule has 0 saturated heterocycles. The molecule has 3 aromatic rings. The van der Waals surface area contributed by atoms with Crippen LogP contribution in [-0.2, 0) is 4.74 Å². The zero-order chi connectivity index (χ0) is 18.2. The van der Waals surface area contributed by atoms with Crippen LogP contribution < -0.4 is 10.6 Å². The number of carbonyl (C=O) groups is 1. The summed E-state index contributed by atoms with van der Waals surface area (Å²) in [5.74, 6) is -0.104. The molecule has 134 valence electrons. The van der Waals surface area contributed by atoms with Crippen molar-refractivity contribution >= 4 is 16.8 Å². The Balaban J connectivity index is 1.81. The van der Waals surface area contributed by atoms with E-state index in [1.54, 1.807) is 19.5 Å². The number of nitrogens with zero attached hydrogens (tertiary/aromatic N) is 2. The molecule has 0 saturated carbocycles. The van der Waals surface area contributed by atoms with Gasteiger partial charge >= 0.3 is 0 Å². The van der Waals surface area contributed by atoms with Gasteiger partial charge in [0.15, 0.2) is 0 Å². The monoisotopic (exact) mass is 350 g/mol. The SMILES string of the molecule is COCCNCCNC(=O)c1cc(-c2ccncc2)nc2ccccc12. The van der Waals surface area contributed by atoms with Gasteiger partial charge in [-0.05, 0) is 24.3 Å². The molecule has 2 aromatic heterocycles. The molecule has 6 nitrogen and oxygen atoms in total. The van der Waals surface area contributed by atoms with Crippen molar-refractivity contribution in [3.8, 4) is 11.3 Å². The van der Waals surface area contributed by atoms with Gasteiger partial charge in [-0.15, -0.1) is 0 Å². The van der Waals surface area contributed by atoms with E-state index in [-0.39, 0.29) is 5.91 Å². The second kappa shape index (κ2) is 9.03. The predicted molar refractivity (Wildman–Crippen MR) is 102 cm³/mol. The lowest BCUT2D eigenvalue weighted by Gasteiger charge is -2.11. The Bertz CT molecular complexity index is 868. The quantitative estimate of drug-likeness (QED) is 0.610. The van der Waals surface area contributed by atoms with Gasteiger partial charge < -0.3 is 15.4 Å². The molecule has 0 aliphatic carbocycles. The van der Waals surface area contributed by atoms with Crippen LogP contribution in [0, 0.1) is 0 Å². The summed E-state index contributed by atoms with van der Waals surface area (Å²) in [6.45, 7) is 2.65. The molecule has 0 aliphatic heterocycles. The van der Waals surface area contributed by atoms with Gasteiger partial charge in [-0.3, -0.25) is 9.78 Å². The molecule has 26 heavy (non-hydrogen) atoms. The van der Waals surface area contributed by atoms with E-state index in [9.17, 15) is 4.79 Å². The molecule has 6 heteroatoms. The van der Waals surface area contributed by atoms with Gasteiger partial charge in [-0.1, -0.05) is 18.2 Å². The van der Waals surface area contributed by atoms with E-state index in [1.165, 1.54) is 0 Å². The van der Waals surface area contributed by atoms with Crippen molar-refractivity contribution in [3.05, 3.63) is 60.4 Å². The number of rotatable bonds is 8. The lowest BCUT2D eigenvalue weighted by Crippen LogP contribution is -2.33. The average molecular weight is 350 g/mol. The van der Waals surface area contributed by atoms with Crippen LogP contribution in [0.4, 0.5) is 0 Å². The fourth-order valence-electron chi connectivity index (χ4n) is 2.69. The smallest absolute Gasteiger partial charge is 0.252 e. The van der Waals surface area contributed by atoms with Crippen molar-refractivity contribution in [1.29, 1.82) is 0 Å². The molecule has 1 aromatic carbocycles. The number of benzene rings is 1. The molecular weight excluding hydrogens is 328 g/mol. The van der Waals surface area contributed by atoms with Gasteiger partial charge in [-0.25, -0.2) is 4.98 Å². The molecule has 0 radical (unpaired) electrons. The van der Waals surface area contributed by atoms with Crippen molar-refractivity contribution in [2.24, 2.45) is 0 Å². The maximum atomic E-state index is 12.7. The normalized spacial score (nSPS) is 10.8. The Morgan fingerprint density at radius 1 is 1.08 bits per heavy atom. The van der Waals surface area contributed by atoms with Gasteiger partial charge in [0.25, 0.3) is 5.91 Å². The predicted octanol–water partition coefficient (Wildman–Crippen LogP) is 2.26. The number of pyridine rings is 2. The molecular formula is C20H22N4O2. The maximum absolute atomic E-state index is 12.7. The third kappa shape index (κ3) is 4.41. The molecule has 0 aliphatic rings. The Morgan fingerprint density at radius 3 is 2.69 bits per heavy atom. The molecule has 3 rings (SSSR count). The fourth-order valence-corrected chi connectivity index (χ4v) is 2.69. The van der Waals surface area contributed by atoms with E-state index in [0.717, 1.165) is 28.7 Å². The van der Waals surface area contributed by atoms with E-state index in [1.807, 2.05) is 42.5 Å². The third-order valence-electron chi connectivity index (χ3n) is 4.01. The van der Waals surface area contributed by atoms with E-state index in [4.69, 9.17) is 4.74 Å². The second-order valence-electron chi connectivity index (χ2n) is 5.81. The number of fused-ring (bicyclic) bond motifs is 1. The number of ether oxygens (including phenoxy) is 1. The minimum absolute atomic E-state index is 0.104. The Hall–Kier alpha value is -2.83. The minimum atomic E-state index is -0.104. The number of hydrogen-bond donors (Lipinski definition) is 2. The summed E-state index contributed by atoms with van der Waals surface area (Å²) < 4.78 is 4.98. The lowest BCUT2D eigenvalue weighted by molar-refractivity contribution is 0.0955. The first kappa shape index (κ1) is 18.0. The molecule has 0 atom stereocenters. The van der Waals surface area contributed by atoms with E-state index < -0.39 is 0 Å². The first-order valence-corrected chi connectivity index (χ1v) is 8.57. The topological polar surface area (TPSA) is 76.1 Å². The summed E-state index contributed by atoms with van der Waals surface area (Å²) in [5, 5.41) is 7.02. The Morgan fingerprint density at radius 2 is 1.88 bits per heavy atom. The first-order chi connectivity index (χ1) is 12.8. The molecule has 0 spiro atoms. The summed E-state index contributed by atoms with van der Waals surface area (Å²) >= 11 is 0. The molecule has 0 fully saturated rings. The number of para-hydroxylation sites is 1. The van der Waals surface area contributed by atoms with Crippen LogP contribution in [0.15, 0.2) is 54.9 Å². The molecule has 0 unspecified atom stereocenters. The number of amides is 1. The van der Waals surface area contributed by atoms with Crippen molar-refractivity contribution in [2.75, 3.05) is 33.4 Å². The molecule has 1 amide bonds. The van der Waals surface area contributed by atoms with Gasteiger partial charge in [-0.2, -0.15) is 0 Å².